The summed E-state index contributed by atoms with van der Waals surface area (Å²) in [6.07, 6.45) is 4.11. The van der Waals surface area contributed by atoms with E-state index in [2.05, 4.69) is 31.1 Å². The molecule has 112 valence electrons. The number of nitrogens with zero attached hydrogens (tertiary/aromatic N) is 2. The van der Waals surface area contributed by atoms with Gasteiger partial charge in [-0.2, -0.15) is 0 Å². The van der Waals surface area contributed by atoms with Crippen LogP contribution in [0, 0.1) is 5.41 Å². The zero-order chi connectivity index (χ0) is 14.8. The minimum atomic E-state index is -0.0343. The van der Waals surface area contributed by atoms with Gasteiger partial charge in [0.1, 0.15) is 6.10 Å². The molecule has 1 aromatic heterocycles. The molecule has 2 rings (SSSR count). The van der Waals surface area contributed by atoms with Crippen LogP contribution in [0.2, 0.25) is 0 Å². The summed E-state index contributed by atoms with van der Waals surface area (Å²) in [5.41, 5.74) is 2.72. The Bertz CT molecular complexity index is 459. The first-order valence-electron chi connectivity index (χ1n) is 7.67. The molecule has 0 bridgehead atoms. The van der Waals surface area contributed by atoms with E-state index in [9.17, 15) is 0 Å². The monoisotopic (exact) mass is 277 g/mol. The molecule has 0 saturated carbocycles. The molecule has 0 amide bonds. The van der Waals surface area contributed by atoms with Crippen molar-refractivity contribution in [1.82, 2.24) is 15.3 Å². The topological polar surface area (TPSA) is 47.0 Å². The first-order valence-corrected chi connectivity index (χ1v) is 7.67. The van der Waals surface area contributed by atoms with Crippen molar-refractivity contribution < 1.29 is 4.74 Å². The number of nitrogens with one attached hydrogen (secondary N) is 1. The second-order valence-electron chi connectivity index (χ2n) is 6.38. The van der Waals surface area contributed by atoms with Crippen LogP contribution in [-0.2, 0) is 11.2 Å². The van der Waals surface area contributed by atoms with E-state index >= 15 is 0 Å². The predicted molar refractivity (Wildman–Crippen MR) is 80.6 cm³/mol. The quantitative estimate of drug-likeness (QED) is 0.898. The molecule has 0 radical (unpaired) electrons. The molecule has 1 heterocycles. The van der Waals surface area contributed by atoms with Crippen LogP contribution < -0.4 is 5.32 Å². The summed E-state index contributed by atoms with van der Waals surface area (Å²) >= 11 is 0. The molecule has 0 spiro atoms. The van der Waals surface area contributed by atoms with Crippen LogP contribution in [-0.4, -0.2) is 23.1 Å². The van der Waals surface area contributed by atoms with Gasteiger partial charge in [0.15, 0.2) is 5.82 Å². The number of hydrogen-bond donors (Lipinski definition) is 1. The number of hydrogen-bond acceptors (Lipinski definition) is 4. The summed E-state index contributed by atoms with van der Waals surface area (Å²) in [7, 11) is 0. The molecule has 2 unspecified atom stereocenters. The van der Waals surface area contributed by atoms with Gasteiger partial charge in [-0.3, -0.25) is 0 Å². The summed E-state index contributed by atoms with van der Waals surface area (Å²) in [5, 5.41) is 3.56. The van der Waals surface area contributed by atoms with Gasteiger partial charge in [-0.15, -0.1) is 0 Å². The molecule has 2 atom stereocenters. The van der Waals surface area contributed by atoms with Crippen molar-refractivity contribution in [1.29, 1.82) is 0 Å². The van der Waals surface area contributed by atoms with Gasteiger partial charge in [-0.25, -0.2) is 9.97 Å². The Morgan fingerprint density at radius 3 is 2.85 bits per heavy atom. The maximum Gasteiger partial charge on any atom is 0.157 e. The summed E-state index contributed by atoms with van der Waals surface area (Å²) < 4.78 is 5.60. The van der Waals surface area contributed by atoms with E-state index < -0.39 is 0 Å². The lowest BCUT2D eigenvalue weighted by molar-refractivity contribution is 0.0695. The predicted octanol–water partition coefficient (Wildman–Crippen LogP) is 3.20. The standard InChI is InChI=1S/C16H27N3O/c1-6-17-13-8-16(4,5)9-14-12(13)10-18-15(19-14)11(3)20-7-2/h10-11,13,17H,6-9H2,1-5H3. The van der Waals surface area contributed by atoms with Crippen molar-refractivity contribution in [2.45, 2.75) is 59.6 Å². The third-order valence-electron chi connectivity index (χ3n) is 3.93. The normalized spacial score (nSPS) is 22.4. The Morgan fingerprint density at radius 1 is 1.45 bits per heavy atom. The zero-order valence-electron chi connectivity index (χ0n) is 13.4. The number of rotatable bonds is 5. The molecular weight excluding hydrogens is 250 g/mol. The van der Waals surface area contributed by atoms with Crippen LogP contribution >= 0.6 is 0 Å². The summed E-state index contributed by atoms with van der Waals surface area (Å²) in [6.45, 7) is 12.4. The molecule has 0 aliphatic heterocycles. The molecule has 4 nitrogen and oxygen atoms in total. The van der Waals surface area contributed by atoms with Crippen LogP contribution in [0.3, 0.4) is 0 Å². The third kappa shape index (κ3) is 3.36. The smallest absolute Gasteiger partial charge is 0.157 e. The molecular formula is C16H27N3O. The van der Waals surface area contributed by atoms with Crippen molar-refractivity contribution in [2.75, 3.05) is 13.2 Å². The van der Waals surface area contributed by atoms with Crippen LogP contribution in [0.1, 0.15) is 70.3 Å². The van der Waals surface area contributed by atoms with E-state index in [-0.39, 0.29) is 11.5 Å². The molecule has 1 N–H and O–H groups in total. The lowest BCUT2D eigenvalue weighted by atomic mass is 9.74. The Kier molecular flexibility index (Phi) is 4.76. The highest BCUT2D eigenvalue weighted by Crippen LogP contribution is 2.39. The lowest BCUT2D eigenvalue weighted by Gasteiger charge is -2.36. The lowest BCUT2D eigenvalue weighted by Crippen LogP contribution is -2.34. The van der Waals surface area contributed by atoms with E-state index in [1.165, 1.54) is 11.3 Å². The Labute approximate surface area is 122 Å². The fraction of sp³-hybridized carbons (Fsp3) is 0.750. The van der Waals surface area contributed by atoms with Gasteiger partial charge < -0.3 is 10.1 Å². The SMILES string of the molecule is CCNC1CC(C)(C)Cc2nc(C(C)OCC)ncc21. The van der Waals surface area contributed by atoms with Crippen LogP contribution in [0.15, 0.2) is 6.20 Å². The van der Waals surface area contributed by atoms with Crippen molar-refractivity contribution >= 4 is 0 Å². The molecule has 0 saturated heterocycles. The van der Waals surface area contributed by atoms with Crippen LogP contribution in [0.4, 0.5) is 0 Å². The van der Waals surface area contributed by atoms with E-state index in [0.29, 0.717) is 12.6 Å². The summed E-state index contributed by atoms with van der Waals surface area (Å²) in [4.78, 5) is 9.30. The molecule has 1 aromatic rings. The largest absolute Gasteiger partial charge is 0.371 e. The minimum Gasteiger partial charge on any atom is -0.371 e. The van der Waals surface area contributed by atoms with Crippen molar-refractivity contribution in [3.63, 3.8) is 0 Å². The average molecular weight is 277 g/mol. The second kappa shape index (κ2) is 6.19. The van der Waals surface area contributed by atoms with Gasteiger partial charge in [0.25, 0.3) is 0 Å². The van der Waals surface area contributed by atoms with Gasteiger partial charge >= 0.3 is 0 Å². The Balaban J connectivity index is 2.31. The Morgan fingerprint density at radius 2 is 2.20 bits per heavy atom. The minimum absolute atomic E-state index is 0.0343. The fourth-order valence-corrected chi connectivity index (χ4v) is 3.01. The molecule has 1 aliphatic rings. The Hall–Kier alpha value is -1.00. The van der Waals surface area contributed by atoms with Crippen molar-refractivity contribution in [3.05, 3.63) is 23.3 Å². The highest BCUT2D eigenvalue weighted by molar-refractivity contribution is 5.27. The zero-order valence-corrected chi connectivity index (χ0v) is 13.4. The molecule has 4 heteroatoms. The van der Waals surface area contributed by atoms with Gasteiger partial charge in [-0.05, 0) is 38.6 Å². The molecule has 0 fully saturated rings. The highest BCUT2D eigenvalue weighted by atomic mass is 16.5. The fourth-order valence-electron chi connectivity index (χ4n) is 3.01. The van der Waals surface area contributed by atoms with Gasteiger partial charge in [-0.1, -0.05) is 20.8 Å². The maximum atomic E-state index is 5.60. The van der Waals surface area contributed by atoms with Gasteiger partial charge in [0, 0.05) is 30.1 Å². The average Bonchev–Trinajstić information content (AvgIpc) is 2.37. The summed E-state index contributed by atoms with van der Waals surface area (Å²) in [5.74, 6) is 0.804. The van der Waals surface area contributed by atoms with E-state index in [1.54, 1.807) is 0 Å². The van der Waals surface area contributed by atoms with Crippen LogP contribution in [0.5, 0.6) is 0 Å². The first-order chi connectivity index (χ1) is 9.46. The third-order valence-corrected chi connectivity index (χ3v) is 3.93. The van der Waals surface area contributed by atoms with E-state index in [4.69, 9.17) is 9.72 Å². The van der Waals surface area contributed by atoms with Crippen LogP contribution in [0.25, 0.3) is 0 Å². The molecule has 0 aromatic carbocycles. The highest BCUT2D eigenvalue weighted by Gasteiger charge is 2.33. The van der Waals surface area contributed by atoms with E-state index in [0.717, 1.165) is 25.2 Å². The van der Waals surface area contributed by atoms with E-state index in [1.807, 2.05) is 20.0 Å². The van der Waals surface area contributed by atoms with Gasteiger partial charge in [0.05, 0.1) is 0 Å². The first kappa shape index (κ1) is 15.4. The number of fused-ring (bicyclic) bond motifs is 1. The second-order valence-corrected chi connectivity index (χ2v) is 6.38. The van der Waals surface area contributed by atoms with Crippen molar-refractivity contribution in [2.24, 2.45) is 5.41 Å². The van der Waals surface area contributed by atoms with Gasteiger partial charge in [0.2, 0.25) is 0 Å². The van der Waals surface area contributed by atoms with Crippen molar-refractivity contribution in [3.8, 4) is 0 Å². The number of ether oxygens (including phenoxy) is 1. The maximum absolute atomic E-state index is 5.60. The summed E-state index contributed by atoms with van der Waals surface area (Å²) in [6, 6.07) is 0.371. The molecule has 1 aliphatic carbocycles. The number of aromatic nitrogens is 2. The molecule has 20 heavy (non-hydrogen) atoms.